The second-order valence-corrected chi connectivity index (χ2v) is 3.38. The van der Waals surface area contributed by atoms with Crippen LogP contribution in [0, 0.1) is 0 Å². The molecule has 0 unspecified atom stereocenters. The molecule has 7 heteroatoms. The van der Waals surface area contributed by atoms with Crippen molar-refractivity contribution < 1.29 is 13.2 Å². The van der Waals surface area contributed by atoms with Gasteiger partial charge in [0.1, 0.15) is 11.1 Å². The van der Waals surface area contributed by atoms with E-state index in [2.05, 4.69) is 26.2 Å². The molecule has 0 aliphatic carbocycles. The molecule has 1 aromatic rings. The highest BCUT2D eigenvalue weighted by molar-refractivity contribution is 9.10. The van der Waals surface area contributed by atoms with Crippen LogP contribution in [-0.4, -0.2) is 17.7 Å². The van der Waals surface area contributed by atoms with Gasteiger partial charge in [0.15, 0.2) is 0 Å². The van der Waals surface area contributed by atoms with Crippen LogP contribution >= 0.6 is 15.9 Å². The number of aromatic nitrogens is 1. The van der Waals surface area contributed by atoms with Crippen LogP contribution in [0.1, 0.15) is 0 Å². The molecule has 3 nitrogen and oxygen atoms in total. The van der Waals surface area contributed by atoms with E-state index in [1.807, 2.05) is 0 Å². The lowest BCUT2D eigenvalue weighted by Crippen LogP contribution is -2.21. The molecule has 0 fully saturated rings. The molecule has 1 rings (SSSR count). The number of nitrogens with two attached hydrogens (primary N) is 1. The SMILES string of the molecule is Nc1cnc(Br)cc1NCC(F)(F)F. The molecule has 0 saturated heterocycles. The number of nitrogen functional groups attached to an aromatic ring is 1. The third kappa shape index (κ3) is 3.41. The van der Waals surface area contributed by atoms with Crippen LogP contribution in [0.3, 0.4) is 0 Å². The summed E-state index contributed by atoms with van der Waals surface area (Å²) in [5.74, 6) is 0. The number of nitrogens with one attached hydrogen (secondary N) is 1. The first-order valence-electron chi connectivity index (χ1n) is 3.60. The van der Waals surface area contributed by atoms with Crippen molar-refractivity contribution in [3.63, 3.8) is 0 Å². The summed E-state index contributed by atoms with van der Waals surface area (Å²) in [7, 11) is 0. The lowest BCUT2D eigenvalue weighted by atomic mass is 10.3. The van der Waals surface area contributed by atoms with Crippen molar-refractivity contribution in [2.45, 2.75) is 6.18 Å². The molecule has 0 bridgehead atoms. The predicted octanol–water partition coefficient (Wildman–Crippen LogP) is 2.40. The average Bonchev–Trinajstić information content (AvgIpc) is 2.05. The van der Waals surface area contributed by atoms with Gasteiger partial charge in [-0.15, -0.1) is 0 Å². The van der Waals surface area contributed by atoms with Crippen LogP contribution in [0.5, 0.6) is 0 Å². The Balaban J connectivity index is 2.72. The maximum atomic E-state index is 11.8. The van der Waals surface area contributed by atoms with Crippen LogP contribution in [0.2, 0.25) is 0 Å². The second-order valence-electron chi connectivity index (χ2n) is 2.56. The van der Waals surface area contributed by atoms with E-state index in [1.54, 1.807) is 0 Å². The van der Waals surface area contributed by atoms with Crippen molar-refractivity contribution >= 4 is 27.3 Å². The van der Waals surface area contributed by atoms with Crippen LogP contribution in [0.25, 0.3) is 0 Å². The molecule has 0 aliphatic heterocycles. The zero-order valence-corrected chi connectivity index (χ0v) is 8.48. The van der Waals surface area contributed by atoms with Crippen molar-refractivity contribution in [2.24, 2.45) is 0 Å². The summed E-state index contributed by atoms with van der Waals surface area (Å²) >= 11 is 3.03. The molecule has 0 saturated carbocycles. The van der Waals surface area contributed by atoms with Crippen LogP contribution < -0.4 is 11.1 Å². The van der Waals surface area contributed by atoms with Gasteiger partial charge in [0.25, 0.3) is 0 Å². The van der Waals surface area contributed by atoms with Crippen LogP contribution in [0.15, 0.2) is 16.9 Å². The molecule has 1 heterocycles. The Hall–Kier alpha value is -0.980. The summed E-state index contributed by atoms with van der Waals surface area (Å²) in [6, 6.07) is 1.39. The van der Waals surface area contributed by atoms with Crippen LogP contribution in [0.4, 0.5) is 24.5 Å². The Morgan fingerprint density at radius 2 is 2.14 bits per heavy atom. The number of pyridine rings is 1. The zero-order chi connectivity index (χ0) is 10.8. The van der Waals surface area contributed by atoms with Gasteiger partial charge in [-0.25, -0.2) is 4.98 Å². The van der Waals surface area contributed by atoms with Crippen LogP contribution in [-0.2, 0) is 0 Å². The molecule has 0 spiro atoms. The summed E-state index contributed by atoms with van der Waals surface area (Å²) < 4.78 is 36.0. The fourth-order valence-electron chi connectivity index (χ4n) is 0.789. The van der Waals surface area contributed by atoms with Crippen molar-refractivity contribution in [3.8, 4) is 0 Å². The maximum Gasteiger partial charge on any atom is 0.405 e. The fourth-order valence-corrected chi connectivity index (χ4v) is 1.12. The summed E-state index contributed by atoms with van der Waals surface area (Å²) in [6.45, 7) is -1.12. The van der Waals surface area contributed by atoms with Crippen molar-refractivity contribution in [1.82, 2.24) is 4.98 Å². The van der Waals surface area contributed by atoms with Gasteiger partial charge < -0.3 is 11.1 Å². The van der Waals surface area contributed by atoms with Gasteiger partial charge in [-0.1, -0.05) is 0 Å². The molecule has 0 radical (unpaired) electrons. The maximum absolute atomic E-state index is 11.8. The van der Waals surface area contributed by atoms with E-state index in [0.29, 0.717) is 4.60 Å². The molecule has 78 valence electrons. The standard InChI is InChI=1S/C7H7BrF3N3/c8-6-1-5(4(12)2-13-6)14-3-7(9,10)11/h1-2H,3,12H2,(H,13,14). The van der Waals surface area contributed by atoms with E-state index in [1.165, 1.54) is 12.3 Å². The van der Waals surface area contributed by atoms with E-state index in [9.17, 15) is 13.2 Å². The highest BCUT2D eigenvalue weighted by Gasteiger charge is 2.26. The molecule has 14 heavy (non-hydrogen) atoms. The highest BCUT2D eigenvalue weighted by Crippen LogP contribution is 2.23. The average molecular weight is 270 g/mol. The topological polar surface area (TPSA) is 50.9 Å². The highest BCUT2D eigenvalue weighted by atomic mass is 79.9. The predicted molar refractivity (Wildman–Crippen MR) is 50.9 cm³/mol. The normalized spacial score (nSPS) is 11.4. The first-order valence-corrected chi connectivity index (χ1v) is 4.39. The number of nitrogens with zero attached hydrogens (tertiary/aromatic N) is 1. The summed E-state index contributed by atoms with van der Waals surface area (Å²) in [5, 5.41) is 2.17. The zero-order valence-electron chi connectivity index (χ0n) is 6.90. The smallest absolute Gasteiger partial charge is 0.396 e. The largest absolute Gasteiger partial charge is 0.405 e. The van der Waals surface area contributed by atoms with Gasteiger partial charge in [-0.2, -0.15) is 13.2 Å². The monoisotopic (exact) mass is 269 g/mol. The lowest BCUT2D eigenvalue weighted by molar-refractivity contribution is -0.115. The summed E-state index contributed by atoms with van der Waals surface area (Å²) in [4.78, 5) is 3.75. The number of anilines is 2. The Kier molecular flexibility index (Phi) is 3.20. The van der Waals surface area contributed by atoms with E-state index in [4.69, 9.17) is 5.73 Å². The summed E-state index contributed by atoms with van der Waals surface area (Å²) in [6.07, 6.45) is -2.98. The number of hydrogen-bond acceptors (Lipinski definition) is 3. The minimum absolute atomic E-state index is 0.178. The summed E-state index contributed by atoms with van der Waals surface area (Å²) in [5.41, 5.74) is 5.80. The Morgan fingerprint density at radius 3 is 2.71 bits per heavy atom. The van der Waals surface area contributed by atoms with Gasteiger partial charge in [0, 0.05) is 0 Å². The van der Waals surface area contributed by atoms with Crippen molar-refractivity contribution in [2.75, 3.05) is 17.6 Å². The van der Waals surface area contributed by atoms with E-state index in [-0.39, 0.29) is 11.4 Å². The van der Waals surface area contributed by atoms with Gasteiger partial charge >= 0.3 is 6.18 Å². The van der Waals surface area contributed by atoms with E-state index >= 15 is 0 Å². The molecule has 0 aliphatic rings. The first kappa shape index (κ1) is 11.1. The second kappa shape index (κ2) is 4.04. The van der Waals surface area contributed by atoms with E-state index in [0.717, 1.165) is 0 Å². The third-order valence-corrected chi connectivity index (χ3v) is 1.81. The number of hydrogen-bond donors (Lipinski definition) is 2. The molecule has 1 aromatic heterocycles. The minimum Gasteiger partial charge on any atom is -0.396 e. The molecular weight excluding hydrogens is 263 g/mol. The Labute approximate surface area is 86.6 Å². The molecule has 0 amide bonds. The van der Waals surface area contributed by atoms with Gasteiger partial charge in [-0.3, -0.25) is 0 Å². The molecule has 0 atom stereocenters. The number of halogens is 4. The molecule has 0 aromatic carbocycles. The van der Waals surface area contributed by atoms with Crippen molar-refractivity contribution in [3.05, 3.63) is 16.9 Å². The quantitative estimate of drug-likeness (QED) is 0.811. The van der Waals surface area contributed by atoms with Gasteiger partial charge in [-0.05, 0) is 22.0 Å². The third-order valence-electron chi connectivity index (χ3n) is 1.38. The Morgan fingerprint density at radius 1 is 1.50 bits per heavy atom. The first-order chi connectivity index (χ1) is 6.38. The Bertz CT molecular complexity index is 326. The van der Waals surface area contributed by atoms with Gasteiger partial charge in [0.05, 0.1) is 17.6 Å². The van der Waals surface area contributed by atoms with E-state index < -0.39 is 12.7 Å². The number of alkyl halides is 3. The van der Waals surface area contributed by atoms with Crippen molar-refractivity contribution in [1.29, 1.82) is 0 Å². The van der Waals surface area contributed by atoms with Gasteiger partial charge in [0.2, 0.25) is 0 Å². The lowest BCUT2D eigenvalue weighted by Gasteiger charge is -2.11. The minimum atomic E-state index is -4.26. The molecular formula is C7H7BrF3N3. The fraction of sp³-hybridized carbons (Fsp3) is 0.286. The number of rotatable bonds is 2. The molecule has 3 N–H and O–H groups in total.